The first-order chi connectivity index (χ1) is 5.43. The van der Waals surface area contributed by atoms with Gasteiger partial charge in [0.05, 0.1) is 5.75 Å². The Morgan fingerprint density at radius 1 is 1.64 bits per heavy atom. The third kappa shape index (κ3) is 3.35. The smallest absolute Gasteiger partial charge is 0.0652 e. The maximum atomic E-state index is 3.97. The third-order valence-electron chi connectivity index (χ3n) is 1.03. The van der Waals surface area contributed by atoms with Gasteiger partial charge in [0.2, 0.25) is 0 Å². The first-order valence-electron chi connectivity index (χ1n) is 3.09. The lowest BCUT2D eigenvalue weighted by Crippen LogP contribution is -1.75. The van der Waals surface area contributed by atoms with Gasteiger partial charge in [-0.15, -0.1) is 11.7 Å². The first-order valence-corrected chi connectivity index (χ1v) is 5.12. The minimum absolute atomic E-state index is 0.748. The fourth-order valence-corrected chi connectivity index (χ4v) is 0.937. The van der Waals surface area contributed by atoms with Crippen LogP contribution in [0.1, 0.15) is 5.56 Å². The lowest BCUT2D eigenvalue weighted by atomic mass is 10.3. The number of rotatable bonds is 1. The summed E-state index contributed by atoms with van der Waals surface area (Å²) in [6.07, 6.45) is 3.48. The molecule has 0 saturated heterocycles. The minimum Gasteiger partial charge on any atom is -0.263 e. The van der Waals surface area contributed by atoms with Gasteiger partial charge in [0, 0.05) is 18.0 Å². The average Bonchev–Trinajstić information content (AvgIpc) is 2.07. The van der Waals surface area contributed by atoms with Crippen LogP contribution in [0.2, 0.25) is 0 Å². The summed E-state index contributed by atoms with van der Waals surface area (Å²) in [6, 6.07) is 3.81. The van der Waals surface area contributed by atoms with E-state index in [1.54, 1.807) is 12.4 Å². The topological polar surface area (TPSA) is 12.9 Å². The molecule has 0 saturated carbocycles. The maximum absolute atomic E-state index is 3.97. The number of aromatic nitrogens is 1. The molecule has 56 valence electrons. The van der Waals surface area contributed by atoms with Crippen molar-refractivity contribution in [3.05, 3.63) is 30.1 Å². The van der Waals surface area contributed by atoms with E-state index < -0.39 is 0 Å². The Kier molecular flexibility index (Phi) is 3.95. The Labute approximate surface area is 75.4 Å². The molecule has 0 aliphatic heterocycles. The van der Waals surface area contributed by atoms with E-state index >= 15 is 0 Å². The molecule has 0 aliphatic rings. The Bertz CT molecular complexity index is 260. The first kappa shape index (κ1) is 8.51. The molecule has 0 spiro atoms. The molecule has 0 unspecified atom stereocenters. The number of pyridine rings is 1. The van der Waals surface area contributed by atoms with Gasteiger partial charge < -0.3 is 0 Å². The van der Waals surface area contributed by atoms with Crippen molar-refractivity contribution in [1.29, 1.82) is 0 Å². The van der Waals surface area contributed by atoms with E-state index in [-0.39, 0.29) is 0 Å². The predicted molar refractivity (Wildman–Crippen MR) is 52.6 cm³/mol. The van der Waals surface area contributed by atoms with Crippen LogP contribution in [-0.2, 0) is 0 Å². The Morgan fingerprint density at radius 3 is 3.18 bits per heavy atom. The van der Waals surface area contributed by atoms with Crippen LogP contribution in [-0.4, -0.2) is 10.7 Å². The molecule has 0 bridgehead atoms. The van der Waals surface area contributed by atoms with Gasteiger partial charge in [-0.25, -0.2) is 0 Å². The summed E-state index contributed by atoms with van der Waals surface area (Å²) in [5, 5.41) is 0. The Morgan fingerprint density at radius 2 is 2.55 bits per heavy atom. The van der Waals surface area contributed by atoms with Crippen molar-refractivity contribution in [2.45, 2.75) is 0 Å². The Hall–Kier alpha value is -0.590. The summed E-state index contributed by atoms with van der Waals surface area (Å²) in [7, 11) is 1.42. The van der Waals surface area contributed by atoms with Crippen molar-refractivity contribution in [3.63, 3.8) is 0 Å². The molecule has 3 heteroatoms. The van der Waals surface area contributed by atoms with Crippen LogP contribution in [0.3, 0.4) is 0 Å². The molecule has 0 atom stereocenters. The summed E-state index contributed by atoms with van der Waals surface area (Å²) in [4.78, 5) is 3.94. The van der Waals surface area contributed by atoms with Crippen molar-refractivity contribution >= 4 is 22.5 Å². The van der Waals surface area contributed by atoms with Gasteiger partial charge in [-0.2, -0.15) is 0 Å². The zero-order valence-corrected chi connectivity index (χ0v) is 7.53. The monoisotopic (exact) mass is 181 g/mol. The summed E-state index contributed by atoms with van der Waals surface area (Å²) >= 11 is 3.97. The fourth-order valence-electron chi connectivity index (χ4n) is 0.607. The number of thiol groups is 1. The molecular weight excluding hydrogens is 174 g/mol. The number of nitrogens with zero attached hydrogens (tertiary/aromatic N) is 1. The average molecular weight is 181 g/mol. The highest BCUT2D eigenvalue weighted by Crippen LogP contribution is 2.01. The van der Waals surface area contributed by atoms with E-state index in [1.165, 1.54) is 10.8 Å². The number of hydrogen-bond donors (Lipinski definition) is 1. The van der Waals surface area contributed by atoms with Crippen molar-refractivity contribution in [1.82, 2.24) is 4.98 Å². The van der Waals surface area contributed by atoms with Crippen molar-refractivity contribution < 1.29 is 0 Å². The highest BCUT2D eigenvalue weighted by Gasteiger charge is 1.80. The molecule has 0 fully saturated rings. The highest BCUT2D eigenvalue weighted by molar-refractivity contribution is 8.68. The van der Waals surface area contributed by atoms with E-state index in [1.807, 2.05) is 12.1 Å². The molecule has 0 aliphatic carbocycles. The second-order valence-electron chi connectivity index (χ2n) is 1.82. The second-order valence-corrected chi connectivity index (χ2v) is 3.14. The van der Waals surface area contributed by atoms with Crippen LogP contribution >= 0.6 is 22.5 Å². The van der Waals surface area contributed by atoms with E-state index in [4.69, 9.17) is 0 Å². The van der Waals surface area contributed by atoms with Gasteiger partial charge in [-0.1, -0.05) is 22.6 Å². The van der Waals surface area contributed by atoms with Gasteiger partial charge in [0.15, 0.2) is 0 Å². The second kappa shape index (κ2) is 5.11. The van der Waals surface area contributed by atoms with Crippen LogP contribution in [0.15, 0.2) is 24.5 Å². The minimum atomic E-state index is 0.748. The lowest BCUT2D eigenvalue weighted by molar-refractivity contribution is 1.31. The van der Waals surface area contributed by atoms with Crippen LogP contribution in [0.25, 0.3) is 0 Å². The van der Waals surface area contributed by atoms with Gasteiger partial charge in [-0.3, -0.25) is 4.98 Å². The SMILES string of the molecule is SSCC#Cc1cccnc1. The molecule has 1 aromatic heterocycles. The van der Waals surface area contributed by atoms with Gasteiger partial charge in [0.1, 0.15) is 0 Å². The van der Waals surface area contributed by atoms with Gasteiger partial charge in [-0.05, 0) is 12.1 Å². The summed E-state index contributed by atoms with van der Waals surface area (Å²) in [5.41, 5.74) is 0.954. The largest absolute Gasteiger partial charge is 0.263 e. The summed E-state index contributed by atoms with van der Waals surface area (Å²) < 4.78 is 0. The molecule has 0 N–H and O–H groups in total. The van der Waals surface area contributed by atoms with Crippen LogP contribution in [0, 0.1) is 11.8 Å². The zero-order valence-electron chi connectivity index (χ0n) is 5.82. The third-order valence-corrected chi connectivity index (χ3v) is 1.69. The predicted octanol–water partition coefficient (Wildman–Crippen LogP) is 2.01. The summed E-state index contributed by atoms with van der Waals surface area (Å²) in [6.45, 7) is 0. The molecule has 1 nitrogen and oxygen atoms in total. The van der Waals surface area contributed by atoms with Crippen molar-refractivity contribution in [2.75, 3.05) is 5.75 Å². The van der Waals surface area contributed by atoms with Gasteiger partial charge >= 0.3 is 0 Å². The quantitative estimate of drug-likeness (QED) is 0.404. The molecule has 1 aromatic rings. The molecule has 1 heterocycles. The molecular formula is C8H7NS2. The fraction of sp³-hybridized carbons (Fsp3) is 0.125. The van der Waals surface area contributed by atoms with Crippen LogP contribution < -0.4 is 0 Å². The molecule has 11 heavy (non-hydrogen) atoms. The zero-order chi connectivity index (χ0) is 7.94. The molecule has 0 radical (unpaired) electrons. The Balaban J connectivity index is 2.59. The van der Waals surface area contributed by atoms with Crippen molar-refractivity contribution in [3.8, 4) is 11.8 Å². The maximum Gasteiger partial charge on any atom is 0.0652 e. The van der Waals surface area contributed by atoms with E-state index in [0.717, 1.165) is 11.3 Å². The molecule has 0 aromatic carbocycles. The van der Waals surface area contributed by atoms with Crippen LogP contribution in [0.4, 0.5) is 0 Å². The van der Waals surface area contributed by atoms with E-state index in [0.29, 0.717) is 0 Å². The standard InChI is InChI=1S/C8H7NS2/c10-11-6-2-4-8-3-1-5-9-7-8/h1,3,5,7,10H,6H2. The lowest BCUT2D eigenvalue weighted by Gasteiger charge is -1.84. The highest BCUT2D eigenvalue weighted by atomic mass is 33.1. The van der Waals surface area contributed by atoms with E-state index in [2.05, 4.69) is 28.5 Å². The van der Waals surface area contributed by atoms with Crippen molar-refractivity contribution in [2.24, 2.45) is 0 Å². The van der Waals surface area contributed by atoms with Gasteiger partial charge in [0.25, 0.3) is 0 Å². The normalized spacial score (nSPS) is 8.45. The summed E-state index contributed by atoms with van der Waals surface area (Å²) in [5.74, 6) is 6.66. The molecule has 0 amide bonds. The molecule has 1 rings (SSSR count). The van der Waals surface area contributed by atoms with E-state index in [9.17, 15) is 0 Å². The van der Waals surface area contributed by atoms with Crippen LogP contribution in [0.5, 0.6) is 0 Å². The number of hydrogen-bond acceptors (Lipinski definition) is 3.